The van der Waals surface area contributed by atoms with E-state index in [9.17, 15) is 9.59 Å². The van der Waals surface area contributed by atoms with Gasteiger partial charge in [-0.15, -0.1) is 0 Å². The smallest absolute Gasteiger partial charge is 0.338 e. The third-order valence-electron chi connectivity index (χ3n) is 3.41. The number of carbonyl (C=O) groups excluding carboxylic acids is 2. The summed E-state index contributed by atoms with van der Waals surface area (Å²) in [5.74, 6) is -0.0877. The Balaban J connectivity index is 2.26. The Labute approximate surface area is 150 Å². The summed E-state index contributed by atoms with van der Waals surface area (Å²) in [4.78, 5) is 24.0. The Hall–Kier alpha value is -1.92. The monoisotopic (exact) mass is 372 g/mol. The van der Waals surface area contributed by atoms with Crippen LogP contribution in [0.4, 0.5) is 4.79 Å². The molecule has 0 bridgehead atoms. The van der Waals surface area contributed by atoms with Crippen LogP contribution in [0.3, 0.4) is 0 Å². The van der Waals surface area contributed by atoms with E-state index >= 15 is 0 Å². The molecule has 24 heavy (non-hydrogen) atoms. The third-order valence-corrected chi connectivity index (χ3v) is 3.94. The summed E-state index contributed by atoms with van der Waals surface area (Å²) in [5.41, 5.74) is 0.708. The van der Waals surface area contributed by atoms with Crippen LogP contribution in [-0.2, 0) is 9.53 Å². The van der Waals surface area contributed by atoms with E-state index in [0.717, 1.165) is 0 Å². The molecule has 0 unspecified atom stereocenters. The summed E-state index contributed by atoms with van der Waals surface area (Å²) in [6, 6.07) is 3.98. The zero-order chi connectivity index (χ0) is 17.7. The molecule has 1 aliphatic rings. The van der Waals surface area contributed by atoms with Gasteiger partial charge in [0.25, 0.3) is 0 Å². The SMILES string of the molecule is CCOC(=O)C1=C(COc2ccc(Cl)cc2Cl)NC(=O)N[C@@H]1CC. The van der Waals surface area contributed by atoms with E-state index in [1.54, 1.807) is 25.1 Å². The van der Waals surface area contributed by atoms with Gasteiger partial charge in [-0.1, -0.05) is 30.1 Å². The maximum atomic E-state index is 12.2. The molecule has 0 aliphatic carbocycles. The molecular weight excluding hydrogens is 355 g/mol. The lowest BCUT2D eigenvalue weighted by Crippen LogP contribution is -2.51. The van der Waals surface area contributed by atoms with Crippen LogP contribution in [0.5, 0.6) is 5.75 Å². The quantitative estimate of drug-likeness (QED) is 0.751. The molecular formula is C16H18Cl2N2O4. The summed E-state index contributed by atoms with van der Waals surface area (Å²) in [7, 11) is 0. The van der Waals surface area contributed by atoms with E-state index in [0.29, 0.717) is 33.5 Å². The van der Waals surface area contributed by atoms with E-state index in [-0.39, 0.29) is 13.2 Å². The number of carbonyl (C=O) groups is 2. The number of ether oxygens (including phenoxy) is 2. The van der Waals surface area contributed by atoms with Crippen molar-refractivity contribution in [2.75, 3.05) is 13.2 Å². The van der Waals surface area contributed by atoms with Crippen molar-refractivity contribution in [3.8, 4) is 5.75 Å². The molecule has 0 fully saturated rings. The largest absolute Gasteiger partial charge is 0.486 e. The maximum Gasteiger partial charge on any atom is 0.338 e. The van der Waals surface area contributed by atoms with Crippen LogP contribution in [0.25, 0.3) is 0 Å². The van der Waals surface area contributed by atoms with Gasteiger partial charge in [0, 0.05) is 5.02 Å². The third kappa shape index (κ3) is 4.33. The number of hydrogen-bond acceptors (Lipinski definition) is 4. The van der Waals surface area contributed by atoms with Gasteiger partial charge >= 0.3 is 12.0 Å². The molecule has 0 aromatic heterocycles. The molecule has 1 aromatic carbocycles. The molecule has 8 heteroatoms. The van der Waals surface area contributed by atoms with Crippen LogP contribution in [0, 0.1) is 0 Å². The maximum absolute atomic E-state index is 12.2. The fraction of sp³-hybridized carbons (Fsp3) is 0.375. The van der Waals surface area contributed by atoms with Gasteiger partial charge in [-0.3, -0.25) is 0 Å². The van der Waals surface area contributed by atoms with Gasteiger partial charge in [0.15, 0.2) is 0 Å². The van der Waals surface area contributed by atoms with Crippen LogP contribution >= 0.6 is 23.2 Å². The first-order valence-corrected chi connectivity index (χ1v) is 8.27. The molecule has 1 heterocycles. The minimum atomic E-state index is -0.488. The van der Waals surface area contributed by atoms with Gasteiger partial charge in [0.2, 0.25) is 0 Å². The first-order chi connectivity index (χ1) is 11.5. The lowest BCUT2D eigenvalue weighted by Gasteiger charge is -2.28. The molecule has 2 amide bonds. The first kappa shape index (κ1) is 18.4. The first-order valence-electron chi connectivity index (χ1n) is 7.51. The summed E-state index contributed by atoms with van der Waals surface area (Å²) in [6.45, 7) is 3.80. The number of halogens is 2. The molecule has 6 nitrogen and oxygen atoms in total. The van der Waals surface area contributed by atoms with Crippen LogP contribution in [-0.4, -0.2) is 31.3 Å². The van der Waals surface area contributed by atoms with E-state index in [1.165, 1.54) is 0 Å². The summed E-state index contributed by atoms with van der Waals surface area (Å²) < 4.78 is 10.7. The number of amides is 2. The normalized spacial score (nSPS) is 17.2. The predicted molar refractivity (Wildman–Crippen MR) is 91.4 cm³/mol. The number of benzene rings is 1. The second-order valence-electron chi connectivity index (χ2n) is 5.04. The van der Waals surface area contributed by atoms with E-state index in [4.69, 9.17) is 32.7 Å². The highest BCUT2D eigenvalue weighted by Crippen LogP contribution is 2.28. The van der Waals surface area contributed by atoms with Gasteiger partial charge < -0.3 is 20.1 Å². The van der Waals surface area contributed by atoms with Crippen LogP contribution in [0.1, 0.15) is 20.3 Å². The topological polar surface area (TPSA) is 76.7 Å². The second-order valence-corrected chi connectivity index (χ2v) is 5.88. The summed E-state index contributed by atoms with van der Waals surface area (Å²) in [5, 5.41) is 6.13. The predicted octanol–water partition coefficient (Wildman–Crippen LogP) is 3.28. The molecule has 0 saturated carbocycles. The minimum absolute atomic E-state index is 0.0284. The Morgan fingerprint density at radius 2 is 2.04 bits per heavy atom. The average molecular weight is 373 g/mol. The molecule has 1 aromatic rings. The highest BCUT2D eigenvalue weighted by atomic mass is 35.5. The van der Waals surface area contributed by atoms with Crippen LogP contribution in [0.2, 0.25) is 10.0 Å². The van der Waals surface area contributed by atoms with Crippen molar-refractivity contribution in [2.24, 2.45) is 0 Å². The highest BCUT2D eigenvalue weighted by molar-refractivity contribution is 6.35. The lowest BCUT2D eigenvalue weighted by atomic mass is 10.0. The Morgan fingerprint density at radius 3 is 2.67 bits per heavy atom. The fourth-order valence-corrected chi connectivity index (χ4v) is 2.78. The van der Waals surface area contributed by atoms with Gasteiger partial charge in [-0.2, -0.15) is 0 Å². The molecule has 1 atom stereocenters. The lowest BCUT2D eigenvalue weighted by molar-refractivity contribution is -0.139. The van der Waals surface area contributed by atoms with Gasteiger partial charge in [-0.25, -0.2) is 9.59 Å². The summed E-state index contributed by atoms with van der Waals surface area (Å²) >= 11 is 11.9. The van der Waals surface area contributed by atoms with E-state index in [2.05, 4.69) is 10.6 Å². The van der Waals surface area contributed by atoms with Crippen LogP contribution < -0.4 is 15.4 Å². The van der Waals surface area contributed by atoms with Gasteiger partial charge in [0.05, 0.1) is 28.9 Å². The van der Waals surface area contributed by atoms with Gasteiger partial charge in [-0.05, 0) is 31.5 Å². The number of nitrogens with one attached hydrogen (secondary N) is 2. The molecule has 2 rings (SSSR count). The van der Waals surface area contributed by atoms with E-state index in [1.807, 2.05) is 6.92 Å². The van der Waals surface area contributed by atoms with Gasteiger partial charge in [0.1, 0.15) is 12.4 Å². The molecule has 0 radical (unpaired) electrons. The van der Waals surface area contributed by atoms with E-state index < -0.39 is 18.0 Å². The fourth-order valence-electron chi connectivity index (χ4n) is 2.32. The number of rotatable bonds is 6. The summed E-state index contributed by atoms with van der Waals surface area (Å²) in [6.07, 6.45) is 0.548. The van der Waals surface area contributed by atoms with Crippen molar-refractivity contribution in [1.29, 1.82) is 0 Å². The van der Waals surface area contributed by atoms with Crippen LogP contribution in [0.15, 0.2) is 29.5 Å². The molecule has 0 saturated heterocycles. The van der Waals surface area contributed by atoms with Crippen molar-refractivity contribution >= 4 is 35.2 Å². The van der Waals surface area contributed by atoms with Crippen molar-refractivity contribution in [3.05, 3.63) is 39.5 Å². The Kier molecular flexibility index (Phi) is 6.34. The minimum Gasteiger partial charge on any atom is -0.486 e. The molecule has 1 aliphatic heterocycles. The molecule has 0 spiro atoms. The number of hydrogen-bond donors (Lipinski definition) is 2. The van der Waals surface area contributed by atoms with Crippen molar-refractivity contribution in [2.45, 2.75) is 26.3 Å². The average Bonchev–Trinajstić information content (AvgIpc) is 2.53. The Bertz CT molecular complexity index is 676. The second kappa shape index (κ2) is 8.26. The highest BCUT2D eigenvalue weighted by Gasteiger charge is 2.31. The molecule has 2 N–H and O–H groups in total. The van der Waals surface area contributed by atoms with Crippen molar-refractivity contribution in [1.82, 2.24) is 10.6 Å². The standard InChI is InChI=1S/C16H18Cl2N2O4/c1-3-11-14(15(21)23-4-2)12(20-16(22)19-11)8-24-13-6-5-9(17)7-10(13)18/h5-7,11H,3-4,8H2,1-2H3,(H2,19,20,22)/t11-/m1/s1. The van der Waals surface area contributed by atoms with Crippen molar-refractivity contribution in [3.63, 3.8) is 0 Å². The number of esters is 1. The number of urea groups is 1. The zero-order valence-electron chi connectivity index (χ0n) is 13.3. The van der Waals surface area contributed by atoms with Crippen molar-refractivity contribution < 1.29 is 19.1 Å². The molecule has 130 valence electrons. The Morgan fingerprint density at radius 1 is 1.29 bits per heavy atom. The zero-order valence-corrected chi connectivity index (χ0v) is 14.8.